The van der Waals surface area contributed by atoms with Crippen molar-refractivity contribution < 1.29 is 19.2 Å². The van der Waals surface area contributed by atoms with Crippen molar-refractivity contribution in [1.82, 2.24) is 15.4 Å². The zero-order valence-electron chi connectivity index (χ0n) is 10.3. The van der Waals surface area contributed by atoms with Crippen molar-refractivity contribution in [2.45, 2.75) is 12.6 Å². The SMILES string of the molecule is CN1CCOC(CNCc2cc(C(=O)O)no2)C1. The van der Waals surface area contributed by atoms with Gasteiger partial charge in [-0.25, -0.2) is 4.79 Å². The first-order chi connectivity index (χ1) is 8.65. The Kier molecular flexibility index (Phi) is 4.29. The van der Waals surface area contributed by atoms with Crippen molar-refractivity contribution in [2.75, 3.05) is 33.3 Å². The van der Waals surface area contributed by atoms with Gasteiger partial charge in [-0.2, -0.15) is 0 Å². The van der Waals surface area contributed by atoms with E-state index in [0.717, 1.165) is 19.7 Å². The molecule has 1 aromatic rings. The Labute approximate surface area is 105 Å². The van der Waals surface area contributed by atoms with Gasteiger partial charge in [0.25, 0.3) is 0 Å². The highest BCUT2D eigenvalue weighted by Crippen LogP contribution is 2.05. The van der Waals surface area contributed by atoms with E-state index in [2.05, 4.69) is 22.4 Å². The Balaban J connectivity index is 1.72. The molecule has 2 N–H and O–H groups in total. The summed E-state index contributed by atoms with van der Waals surface area (Å²) in [5.41, 5.74) is -0.0690. The molecule has 0 saturated carbocycles. The summed E-state index contributed by atoms with van der Waals surface area (Å²) in [6, 6.07) is 1.42. The number of aromatic nitrogens is 1. The zero-order valence-corrected chi connectivity index (χ0v) is 10.3. The molecule has 0 aromatic carbocycles. The molecule has 1 fully saturated rings. The molecule has 18 heavy (non-hydrogen) atoms. The molecule has 7 nitrogen and oxygen atoms in total. The van der Waals surface area contributed by atoms with Crippen LogP contribution in [0.5, 0.6) is 0 Å². The summed E-state index contributed by atoms with van der Waals surface area (Å²) < 4.78 is 10.5. The van der Waals surface area contributed by atoms with Crippen LogP contribution in [0.2, 0.25) is 0 Å². The largest absolute Gasteiger partial charge is 0.476 e. The van der Waals surface area contributed by atoms with Gasteiger partial charge in [0, 0.05) is 25.7 Å². The van der Waals surface area contributed by atoms with E-state index in [-0.39, 0.29) is 11.8 Å². The number of hydrogen-bond donors (Lipinski definition) is 2. The Morgan fingerprint density at radius 3 is 3.22 bits per heavy atom. The third kappa shape index (κ3) is 3.52. The number of carboxylic acids is 1. The van der Waals surface area contributed by atoms with Crippen molar-refractivity contribution >= 4 is 5.97 Å². The van der Waals surface area contributed by atoms with Gasteiger partial charge < -0.3 is 24.6 Å². The number of rotatable bonds is 5. The predicted molar refractivity (Wildman–Crippen MR) is 62.4 cm³/mol. The van der Waals surface area contributed by atoms with Crippen LogP contribution in [0, 0.1) is 0 Å². The first-order valence-corrected chi connectivity index (χ1v) is 5.85. The number of nitrogens with zero attached hydrogens (tertiary/aromatic N) is 2. The summed E-state index contributed by atoms with van der Waals surface area (Å²) in [5.74, 6) is -0.571. The van der Waals surface area contributed by atoms with Crippen molar-refractivity contribution in [1.29, 1.82) is 0 Å². The molecule has 0 spiro atoms. The first-order valence-electron chi connectivity index (χ1n) is 5.85. The third-order valence-electron chi connectivity index (χ3n) is 2.79. The van der Waals surface area contributed by atoms with Crippen molar-refractivity contribution in [3.63, 3.8) is 0 Å². The molecule has 0 radical (unpaired) electrons. The number of morpholine rings is 1. The van der Waals surface area contributed by atoms with Crippen molar-refractivity contribution in [3.05, 3.63) is 17.5 Å². The Morgan fingerprint density at radius 1 is 1.72 bits per heavy atom. The van der Waals surface area contributed by atoms with Crippen LogP contribution in [0.15, 0.2) is 10.6 Å². The van der Waals surface area contributed by atoms with Gasteiger partial charge in [0.15, 0.2) is 11.5 Å². The molecule has 0 amide bonds. The molecule has 2 rings (SSSR count). The molecule has 1 aliphatic heterocycles. The summed E-state index contributed by atoms with van der Waals surface area (Å²) in [4.78, 5) is 12.8. The van der Waals surface area contributed by atoms with Crippen LogP contribution in [0.25, 0.3) is 0 Å². The van der Waals surface area contributed by atoms with Crippen molar-refractivity contribution in [2.24, 2.45) is 0 Å². The lowest BCUT2D eigenvalue weighted by Gasteiger charge is -2.30. The standard InChI is InChI=1S/C11H17N3O4/c1-14-2-3-17-9(7-14)6-12-5-8-4-10(11(15)16)13-18-8/h4,9,12H,2-3,5-7H2,1H3,(H,15,16). The highest BCUT2D eigenvalue weighted by atomic mass is 16.5. The summed E-state index contributed by atoms with van der Waals surface area (Å²) in [6.07, 6.45) is 0.158. The van der Waals surface area contributed by atoms with Crippen LogP contribution in [0.4, 0.5) is 0 Å². The van der Waals surface area contributed by atoms with E-state index < -0.39 is 5.97 Å². The zero-order chi connectivity index (χ0) is 13.0. The lowest BCUT2D eigenvalue weighted by molar-refractivity contribution is -0.0184. The maximum absolute atomic E-state index is 10.6. The van der Waals surface area contributed by atoms with Crippen LogP contribution in [0.1, 0.15) is 16.2 Å². The minimum absolute atomic E-state index is 0.0690. The number of aromatic carboxylic acids is 1. The van der Waals surface area contributed by atoms with E-state index in [1.54, 1.807) is 0 Å². The van der Waals surface area contributed by atoms with Crippen LogP contribution < -0.4 is 5.32 Å². The second-order valence-electron chi connectivity index (χ2n) is 4.37. The molecular formula is C11H17N3O4. The van der Waals surface area contributed by atoms with Gasteiger partial charge in [-0.1, -0.05) is 5.16 Å². The van der Waals surface area contributed by atoms with Crippen LogP contribution in [-0.4, -0.2) is 60.5 Å². The van der Waals surface area contributed by atoms with Crippen molar-refractivity contribution in [3.8, 4) is 0 Å². The molecule has 1 aliphatic rings. The van der Waals surface area contributed by atoms with E-state index in [9.17, 15) is 4.79 Å². The number of carboxylic acid groups (broad SMARTS) is 1. The minimum Gasteiger partial charge on any atom is -0.476 e. The topological polar surface area (TPSA) is 87.8 Å². The quantitative estimate of drug-likeness (QED) is 0.752. The molecule has 7 heteroatoms. The fourth-order valence-corrected chi connectivity index (χ4v) is 1.84. The lowest BCUT2D eigenvalue weighted by Crippen LogP contribution is -2.44. The van der Waals surface area contributed by atoms with Crippen LogP contribution in [-0.2, 0) is 11.3 Å². The molecule has 1 aromatic heterocycles. The maximum Gasteiger partial charge on any atom is 0.358 e. The number of likely N-dealkylation sites (N-methyl/N-ethyl adjacent to an activating group) is 1. The van der Waals surface area contributed by atoms with E-state index in [1.807, 2.05) is 0 Å². The van der Waals surface area contributed by atoms with Gasteiger partial charge in [0.2, 0.25) is 0 Å². The first kappa shape index (κ1) is 13.0. The van der Waals surface area contributed by atoms with Gasteiger partial charge in [-0.3, -0.25) is 0 Å². The summed E-state index contributed by atoms with van der Waals surface area (Å²) in [6.45, 7) is 3.75. The Bertz CT molecular complexity index is 407. The monoisotopic (exact) mass is 255 g/mol. The lowest BCUT2D eigenvalue weighted by atomic mass is 10.3. The average Bonchev–Trinajstić information content (AvgIpc) is 2.78. The molecular weight excluding hydrogens is 238 g/mol. The number of ether oxygens (including phenoxy) is 1. The molecule has 0 bridgehead atoms. The van der Waals surface area contributed by atoms with Crippen LogP contribution in [0.3, 0.4) is 0 Å². The average molecular weight is 255 g/mol. The van der Waals surface area contributed by atoms with E-state index in [4.69, 9.17) is 14.4 Å². The Hall–Kier alpha value is -1.44. The fourth-order valence-electron chi connectivity index (χ4n) is 1.84. The third-order valence-corrected chi connectivity index (χ3v) is 2.79. The van der Waals surface area contributed by atoms with E-state index >= 15 is 0 Å². The summed E-state index contributed by atoms with van der Waals surface area (Å²) >= 11 is 0. The minimum atomic E-state index is -1.08. The normalized spacial score (nSPS) is 21.1. The van der Waals surface area contributed by atoms with Gasteiger partial charge >= 0.3 is 5.97 Å². The maximum atomic E-state index is 10.6. The summed E-state index contributed by atoms with van der Waals surface area (Å²) in [5, 5.41) is 15.3. The second kappa shape index (κ2) is 5.94. The van der Waals surface area contributed by atoms with E-state index in [1.165, 1.54) is 6.07 Å². The molecule has 1 saturated heterocycles. The molecule has 2 heterocycles. The highest BCUT2D eigenvalue weighted by molar-refractivity contribution is 5.85. The van der Waals surface area contributed by atoms with Crippen LogP contribution >= 0.6 is 0 Å². The molecule has 0 aliphatic carbocycles. The number of hydrogen-bond acceptors (Lipinski definition) is 6. The number of nitrogens with one attached hydrogen (secondary N) is 1. The molecule has 1 unspecified atom stereocenters. The van der Waals surface area contributed by atoms with Gasteiger partial charge in [-0.05, 0) is 7.05 Å². The Morgan fingerprint density at radius 2 is 2.56 bits per heavy atom. The number of carbonyl (C=O) groups is 1. The smallest absolute Gasteiger partial charge is 0.358 e. The highest BCUT2D eigenvalue weighted by Gasteiger charge is 2.17. The van der Waals surface area contributed by atoms with Gasteiger partial charge in [-0.15, -0.1) is 0 Å². The summed E-state index contributed by atoms with van der Waals surface area (Å²) in [7, 11) is 2.06. The molecule has 100 valence electrons. The van der Waals surface area contributed by atoms with Gasteiger partial charge in [0.05, 0.1) is 19.3 Å². The van der Waals surface area contributed by atoms with Gasteiger partial charge in [0.1, 0.15) is 0 Å². The second-order valence-corrected chi connectivity index (χ2v) is 4.37. The predicted octanol–water partition coefficient (Wildman–Crippen LogP) is -0.207. The molecule has 1 atom stereocenters. The van der Waals surface area contributed by atoms with E-state index in [0.29, 0.717) is 18.8 Å². The fraction of sp³-hybridized carbons (Fsp3) is 0.636.